The number of amides is 1. The van der Waals surface area contributed by atoms with Crippen LogP contribution in [0, 0.1) is 0 Å². The number of carbonyl (C=O) groups is 2. The number of anilines is 1. The monoisotopic (exact) mass is 434 g/mol. The molecule has 29 heavy (non-hydrogen) atoms. The highest BCUT2D eigenvalue weighted by atomic mass is 35.5. The van der Waals surface area contributed by atoms with E-state index >= 15 is 0 Å². The van der Waals surface area contributed by atoms with Gasteiger partial charge in [0.25, 0.3) is 5.91 Å². The fraction of sp³-hybridized carbons (Fsp3) is 0.333. The van der Waals surface area contributed by atoms with Crippen LogP contribution >= 0.6 is 23.4 Å². The normalized spacial score (nSPS) is 13.9. The first-order valence-corrected chi connectivity index (χ1v) is 10.8. The SMILES string of the molecule is COc1ccc(N2CCN(C(=O)COC(=O)c3cc(SC)ccc3Cl)CC2)cc1. The van der Waals surface area contributed by atoms with Crippen LogP contribution in [0.2, 0.25) is 5.02 Å². The summed E-state index contributed by atoms with van der Waals surface area (Å²) in [5.74, 6) is 0.0218. The lowest BCUT2D eigenvalue weighted by Crippen LogP contribution is -2.49. The number of hydrogen-bond donors (Lipinski definition) is 0. The summed E-state index contributed by atoms with van der Waals surface area (Å²) in [6, 6.07) is 13.0. The van der Waals surface area contributed by atoms with Gasteiger partial charge < -0.3 is 19.3 Å². The summed E-state index contributed by atoms with van der Waals surface area (Å²) in [6.07, 6.45) is 1.91. The van der Waals surface area contributed by atoms with Crippen molar-refractivity contribution in [2.45, 2.75) is 4.90 Å². The first-order valence-electron chi connectivity index (χ1n) is 9.19. The average molecular weight is 435 g/mol. The molecule has 1 saturated heterocycles. The molecule has 1 aliphatic rings. The summed E-state index contributed by atoms with van der Waals surface area (Å²) in [5, 5.41) is 0.313. The van der Waals surface area contributed by atoms with Gasteiger partial charge >= 0.3 is 5.97 Å². The van der Waals surface area contributed by atoms with Crippen LogP contribution in [0.5, 0.6) is 5.75 Å². The molecule has 1 amide bonds. The number of methoxy groups -OCH3 is 1. The van der Waals surface area contributed by atoms with E-state index in [-0.39, 0.29) is 18.1 Å². The molecule has 1 heterocycles. The first kappa shape index (κ1) is 21.3. The molecule has 0 saturated carbocycles. The molecule has 0 radical (unpaired) electrons. The predicted octanol–water partition coefficient (Wildman–Crippen LogP) is 3.58. The Bertz CT molecular complexity index is 867. The third-order valence-corrected chi connectivity index (χ3v) is 5.85. The fourth-order valence-electron chi connectivity index (χ4n) is 3.09. The number of piperazine rings is 1. The van der Waals surface area contributed by atoms with Crippen LogP contribution in [0.1, 0.15) is 10.4 Å². The van der Waals surface area contributed by atoms with E-state index in [4.69, 9.17) is 21.1 Å². The van der Waals surface area contributed by atoms with Gasteiger partial charge in [0.2, 0.25) is 0 Å². The van der Waals surface area contributed by atoms with E-state index in [1.54, 1.807) is 24.1 Å². The smallest absolute Gasteiger partial charge is 0.340 e. The van der Waals surface area contributed by atoms with Gasteiger partial charge in [-0.15, -0.1) is 11.8 Å². The average Bonchev–Trinajstić information content (AvgIpc) is 2.77. The van der Waals surface area contributed by atoms with Crippen LogP contribution in [0.25, 0.3) is 0 Å². The zero-order valence-electron chi connectivity index (χ0n) is 16.4. The van der Waals surface area contributed by atoms with Crippen LogP contribution in [-0.4, -0.2) is 62.9 Å². The van der Waals surface area contributed by atoms with Crippen molar-refractivity contribution in [3.8, 4) is 5.75 Å². The zero-order valence-corrected chi connectivity index (χ0v) is 18.0. The molecule has 2 aromatic carbocycles. The molecule has 0 bridgehead atoms. The van der Waals surface area contributed by atoms with Gasteiger partial charge in [-0.3, -0.25) is 4.79 Å². The lowest BCUT2D eigenvalue weighted by atomic mass is 10.2. The number of carbonyl (C=O) groups excluding carboxylic acids is 2. The van der Waals surface area contributed by atoms with Crippen molar-refractivity contribution in [2.75, 3.05) is 51.1 Å². The zero-order chi connectivity index (χ0) is 20.8. The van der Waals surface area contributed by atoms with Gasteiger partial charge in [0.05, 0.1) is 17.7 Å². The van der Waals surface area contributed by atoms with Crippen LogP contribution in [0.15, 0.2) is 47.4 Å². The second kappa shape index (κ2) is 9.89. The largest absolute Gasteiger partial charge is 0.497 e. The Hall–Kier alpha value is -2.38. The van der Waals surface area contributed by atoms with Gasteiger partial charge in [0.15, 0.2) is 6.61 Å². The van der Waals surface area contributed by atoms with Gasteiger partial charge in [-0.05, 0) is 48.7 Å². The van der Waals surface area contributed by atoms with Crippen LogP contribution in [0.3, 0.4) is 0 Å². The van der Waals surface area contributed by atoms with Crippen molar-refractivity contribution in [3.05, 3.63) is 53.1 Å². The Labute approximate surface area is 179 Å². The van der Waals surface area contributed by atoms with E-state index < -0.39 is 5.97 Å². The quantitative estimate of drug-likeness (QED) is 0.511. The molecule has 6 nitrogen and oxygen atoms in total. The van der Waals surface area contributed by atoms with Crippen LogP contribution in [-0.2, 0) is 9.53 Å². The maximum Gasteiger partial charge on any atom is 0.340 e. The number of nitrogens with zero attached hydrogens (tertiary/aromatic N) is 2. The van der Waals surface area contributed by atoms with E-state index in [2.05, 4.69) is 4.90 Å². The van der Waals surface area contributed by atoms with Crippen molar-refractivity contribution in [2.24, 2.45) is 0 Å². The molecule has 0 atom stereocenters. The van der Waals surface area contributed by atoms with E-state index in [0.29, 0.717) is 31.2 Å². The molecule has 0 aromatic heterocycles. The molecule has 0 spiro atoms. The molecule has 1 fully saturated rings. The first-order chi connectivity index (χ1) is 14.0. The summed E-state index contributed by atoms with van der Waals surface area (Å²) in [7, 11) is 1.64. The van der Waals surface area contributed by atoms with Gasteiger partial charge in [-0.2, -0.15) is 0 Å². The highest BCUT2D eigenvalue weighted by Crippen LogP contribution is 2.24. The van der Waals surface area contributed by atoms with Gasteiger partial charge in [-0.1, -0.05) is 11.6 Å². The van der Waals surface area contributed by atoms with E-state index in [9.17, 15) is 9.59 Å². The Morgan fingerprint density at radius 1 is 1.07 bits per heavy atom. The minimum Gasteiger partial charge on any atom is -0.497 e. The van der Waals surface area contributed by atoms with Crippen molar-refractivity contribution < 1.29 is 19.1 Å². The number of halogens is 1. The predicted molar refractivity (Wildman–Crippen MR) is 115 cm³/mol. The Morgan fingerprint density at radius 2 is 1.76 bits per heavy atom. The number of hydrogen-bond acceptors (Lipinski definition) is 6. The highest BCUT2D eigenvalue weighted by Gasteiger charge is 2.23. The van der Waals surface area contributed by atoms with Gasteiger partial charge in [0, 0.05) is 36.8 Å². The summed E-state index contributed by atoms with van der Waals surface area (Å²) in [6.45, 7) is 2.29. The third-order valence-electron chi connectivity index (χ3n) is 4.79. The molecule has 0 aliphatic carbocycles. The summed E-state index contributed by atoms with van der Waals surface area (Å²) < 4.78 is 10.4. The van der Waals surface area contributed by atoms with Gasteiger partial charge in [-0.25, -0.2) is 4.79 Å². The molecular formula is C21H23ClN2O4S. The van der Waals surface area contributed by atoms with E-state index in [0.717, 1.165) is 16.3 Å². The lowest BCUT2D eigenvalue weighted by molar-refractivity contribution is -0.134. The Balaban J connectivity index is 1.50. The standard InChI is InChI=1S/C21H23ClN2O4S/c1-27-16-5-3-15(4-6-16)23-9-11-24(12-10-23)20(25)14-28-21(26)18-13-17(29-2)7-8-19(18)22/h3-8,13H,9-12,14H2,1-2H3. The summed E-state index contributed by atoms with van der Waals surface area (Å²) in [5.41, 5.74) is 1.36. The Kier molecular flexibility index (Phi) is 7.28. The number of benzene rings is 2. The molecule has 2 aromatic rings. The topological polar surface area (TPSA) is 59.1 Å². The molecule has 1 aliphatic heterocycles. The van der Waals surface area contributed by atoms with Crippen molar-refractivity contribution in [3.63, 3.8) is 0 Å². The maximum absolute atomic E-state index is 12.4. The molecule has 154 valence electrons. The number of ether oxygens (including phenoxy) is 2. The fourth-order valence-corrected chi connectivity index (χ4v) is 3.73. The Morgan fingerprint density at radius 3 is 2.38 bits per heavy atom. The van der Waals surface area contributed by atoms with Gasteiger partial charge in [0.1, 0.15) is 5.75 Å². The number of rotatable bonds is 6. The van der Waals surface area contributed by atoms with E-state index in [1.165, 1.54) is 11.8 Å². The van der Waals surface area contributed by atoms with Crippen LogP contribution < -0.4 is 9.64 Å². The maximum atomic E-state index is 12.4. The molecule has 8 heteroatoms. The van der Waals surface area contributed by atoms with Crippen molar-refractivity contribution in [1.29, 1.82) is 0 Å². The van der Waals surface area contributed by atoms with Crippen LogP contribution in [0.4, 0.5) is 5.69 Å². The summed E-state index contributed by atoms with van der Waals surface area (Å²) >= 11 is 7.59. The molecule has 0 N–H and O–H groups in total. The molecule has 3 rings (SSSR count). The third kappa shape index (κ3) is 5.36. The second-order valence-corrected chi connectivity index (χ2v) is 7.77. The minimum absolute atomic E-state index is 0.204. The second-order valence-electron chi connectivity index (χ2n) is 6.49. The minimum atomic E-state index is -0.587. The molecule has 0 unspecified atom stereocenters. The van der Waals surface area contributed by atoms with E-state index in [1.807, 2.05) is 36.6 Å². The molecular weight excluding hydrogens is 412 g/mol. The lowest BCUT2D eigenvalue weighted by Gasteiger charge is -2.36. The number of thioether (sulfide) groups is 1. The van der Waals surface area contributed by atoms with Crippen molar-refractivity contribution >= 4 is 40.9 Å². The number of esters is 1. The summed E-state index contributed by atoms with van der Waals surface area (Å²) in [4.78, 5) is 29.6. The highest BCUT2D eigenvalue weighted by molar-refractivity contribution is 7.98. The van der Waals surface area contributed by atoms with Crippen molar-refractivity contribution in [1.82, 2.24) is 4.90 Å².